The van der Waals surface area contributed by atoms with E-state index in [0.717, 1.165) is 36.1 Å². The number of benzene rings is 1. The van der Waals surface area contributed by atoms with Gasteiger partial charge in [-0.3, -0.25) is 4.79 Å². The molecule has 0 aliphatic carbocycles. The molecule has 0 fully saturated rings. The van der Waals surface area contributed by atoms with Gasteiger partial charge in [0.1, 0.15) is 0 Å². The van der Waals surface area contributed by atoms with Gasteiger partial charge in [0, 0.05) is 24.7 Å². The van der Waals surface area contributed by atoms with Gasteiger partial charge in [0.2, 0.25) is 0 Å². The van der Waals surface area contributed by atoms with E-state index in [0.29, 0.717) is 24.5 Å². The molecule has 1 aromatic carbocycles. The number of rotatable bonds is 5. The van der Waals surface area contributed by atoms with Crippen LogP contribution in [0.5, 0.6) is 0 Å². The summed E-state index contributed by atoms with van der Waals surface area (Å²) in [6, 6.07) is 6.08. The van der Waals surface area contributed by atoms with Crippen LogP contribution in [-0.2, 0) is 13.0 Å². The van der Waals surface area contributed by atoms with E-state index in [1.807, 2.05) is 50.8 Å². The third-order valence-corrected chi connectivity index (χ3v) is 5.67. The Labute approximate surface area is 184 Å². The quantitative estimate of drug-likeness (QED) is 0.767. The fourth-order valence-electron chi connectivity index (χ4n) is 3.88. The standard InChI is InChI=1S/C23H34N6O2/c1-7-17(8-2)24-21(30)20-15(3)29(27-26-20)19-11-9-10-16-14-28(13-12-18(16)19)22(31)25-23(4,5)6/h9-11,17H,7-8,12-14H2,1-6H3,(H,24,30)(H,25,31). The SMILES string of the molecule is CCC(CC)NC(=O)c1nnn(-c2cccc3c2CCN(C(=O)NC(C)(C)C)C3)c1C. The summed E-state index contributed by atoms with van der Waals surface area (Å²) in [6.07, 6.45) is 2.47. The number of carbonyl (C=O) groups is 2. The largest absolute Gasteiger partial charge is 0.348 e. The number of hydrogen-bond acceptors (Lipinski definition) is 4. The minimum absolute atomic E-state index is 0.0548. The van der Waals surface area contributed by atoms with Crippen molar-refractivity contribution in [1.29, 1.82) is 0 Å². The van der Waals surface area contributed by atoms with Crippen LogP contribution in [0.3, 0.4) is 0 Å². The molecular formula is C23H34N6O2. The smallest absolute Gasteiger partial charge is 0.318 e. The molecule has 3 rings (SSSR count). The maximum Gasteiger partial charge on any atom is 0.318 e. The molecule has 2 aromatic rings. The lowest BCUT2D eigenvalue weighted by Crippen LogP contribution is -2.49. The zero-order valence-corrected chi connectivity index (χ0v) is 19.5. The predicted molar refractivity (Wildman–Crippen MR) is 120 cm³/mol. The maximum absolute atomic E-state index is 12.7. The van der Waals surface area contributed by atoms with Gasteiger partial charge in [0.15, 0.2) is 5.69 Å². The Morgan fingerprint density at radius 3 is 2.55 bits per heavy atom. The average molecular weight is 427 g/mol. The summed E-state index contributed by atoms with van der Waals surface area (Å²) < 4.78 is 1.74. The van der Waals surface area contributed by atoms with Crippen LogP contribution in [0.15, 0.2) is 18.2 Å². The molecule has 0 spiro atoms. The van der Waals surface area contributed by atoms with Crippen LogP contribution in [0.4, 0.5) is 4.79 Å². The zero-order valence-electron chi connectivity index (χ0n) is 19.5. The summed E-state index contributed by atoms with van der Waals surface area (Å²) in [5, 5.41) is 14.5. The number of carbonyl (C=O) groups excluding carboxylic acids is 2. The van der Waals surface area contributed by atoms with Crippen LogP contribution in [0.2, 0.25) is 0 Å². The summed E-state index contributed by atoms with van der Waals surface area (Å²) >= 11 is 0. The van der Waals surface area contributed by atoms with Gasteiger partial charge in [0.25, 0.3) is 5.91 Å². The van der Waals surface area contributed by atoms with E-state index in [1.165, 1.54) is 0 Å². The van der Waals surface area contributed by atoms with E-state index in [1.54, 1.807) is 4.68 Å². The molecule has 0 atom stereocenters. The molecule has 2 N–H and O–H groups in total. The molecule has 1 aromatic heterocycles. The first-order valence-electron chi connectivity index (χ1n) is 11.1. The van der Waals surface area contributed by atoms with Crippen molar-refractivity contribution >= 4 is 11.9 Å². The molecule has 2 heterocycles. The van der Waals surface area contributed by atoms with Crippen molar-refractivity contribution < 1.29 is 9.59 Å². The van der Waals surface area contributed by atoms with Gasteiger partial charge >= 0.3 is 6.03 Å². The highest BCUT2D eigenvalue weighted by molar-refractivity contribution is 5.93. The lowest BCUT2D eigenvalue weighted by Gasteiger charge is -2.33. The Balaban J connectivity index is 1.84. The van der Waals surface area contributed by atoms with E-state index in [-0.39, 0.29) is 23.5 Å². The maximum atomic E-state index is 12.7. The third-order valence-electron chi connectivity index (χ3n) is 5.67. The van der Waals surface area contributed by atoms with Crippen molar-refractivity contribution in [2.75, 3.05) is 6.54 Å². The Kier molecular flexibility index (Phi) is 6.67. The zero-order chi connectivity index (χ0) is 22.8. The van der Waals surface area contributed by atoms with Crippen molar-refractivity contribution in [3.8, 4) is 5.69 Å². The summed E-state index contributed by atoms with van der Waals surface area (Å²) in [7, 11) is 0. The van der Waals surface area contributed by atoms with Crippen LogP contribution < -0.4 is 10.6 Å². The Morgan fingerprint density at radius 1 is 1.19 bits per heavy atom. The van der Waals surface area contributed by atoms with Gasteiger partial charge in [-0.25, -0.2) is 9.48 Å². The Morgan fingerprint density at radius 2 is 1.90 bits per heavy atom. The van der Waals surface area contributed by atoms with Crippen molar-refractivity contribution in [3.05, 3.63) is 40.7 Å². The second-order valence-electron chi connectivity index (χ2n) is 9.19. The molecule has 31 heavy (non-hydrogen) atoms. The summed E-state index contributed by atoms with van der Waals surface area (Å²) in [5.74, 6) is -0.188. The number of nitrogens with one attached hydrogen (secondary N) is 2. The molecule has 1 aliphatic heterocycles. The summed E-state index contributed by atoms with van der Waals surface area (Å²) in [6.45, 7) is 13.1. The van der Waals surface area contributed by atoms with Gasteiger partial charge in [-0.15, -0.1) is 5.10 Å². The Hall–Kier alpha value is -2.90. The average Bonchev–Trinajstić information content (AvgIpc) is 3.11. The molecule has 0 saturated carbocycles. The number of hydrogen-bond donors (Lipinski definition) is 2. The second kappa shape index (κ2) is 9.08. The van der Waals surface area contributed by atoms with Crippen molar-refractivity contribution in [1.82, 2.24) is 30.5 Å². The second-order valence-corrected chi connectivity index (χ2v) is 9.19. The molecule has 0 saturated heterocycles. The highest BCUT2D eigenvalue weighted by Crippen LogP contribution is 2.26. The predicted octanol–water partition coefficient (Wildman–Crippen LogP) is 3.36. The number of fused-ring (bicyclic) bond motifs is 1. The molecule has 1 aliphatic rings. The number of urea groups is 1. The molecule has 0 unspecified atom stereocenters. The summed E-state index contributed by atoms with van der Waals surface area (Å²) in [4.78, 5) is 27.1. The Bertz CT molecular complexity index is 955. The molecule has 0 radical (unpaired) electrons. The monoisotopic (exact) mass is 426 g/mol. The third kappa shape index (κ3) is 5.06. The van der Waals surface area contributed by atoms with Gasteiger partial charge in [-0.2, -0.15) is 0 Å². The molecule has 8 nitrogen and oxygen atoms in total. The van der Waals surface area contributed by atoms with Gasteiger partial charge in [0.05, 0.1) is 11.4 Å². The minimum atomic E-state index is -0.275. The van der Waals surface area contributed by atoms with E-state index in [2.05, 4.69) is 34.8 Å². The van der Waals surface area contributed by atoms with E-state index < -0.39 is 0 Å². The highest BCUT2D eigenvalue weighted by Gasteiger charge is 2.27. The first-order chi connectivity index (χ1) is 14.6. The lowest BCUT2D eigenvalue weighted by molar-refractivity contribution is 0.0929. The number of amides is 3. The van der Waals surface area contributed by atoms with Crippen LogP contribution in [0.1, 0.15) is 74.8 Å². The van der Waals surface area contributed by atoms with Crippen molar-refractivity contribution in [2.24, 2.45) is 0 Å². The van der Waals surface area contributed by atoms with Gasteiger partial charge in [-0.05, 0) is 64.2 Å². The molecule has 168 valence electrons. The van der Waals surface area contributed by atoms with Gasteiger partial charge in [-0.1, -0.05) is 31.2 Å². The number of nitrogens with zero attached hydrogens (tertiary/aromatic N) is 4. The first kappa shape index (κ1) is 22.8. The lowest BCUT2D eigenvalue weighted by atomic mass is 9.97. The van der Waals surface area contributed by atoms with E-state index in [4.69, 9.17) is 0 Å². The molecule has 8 heteroatoms. The van der Waals surface area contributed by atoms with Crippen LogP contribution in [0, 0.1) is 6.92 Å². The fourth-order valence-corrected chi connectivity index (χ4v) is 3.88. The molecular weight excluding hydrogens is 392 g/mol. The van der Waals surface area contributed by atoms with E-state index >= 15 is 0 Å². The van der Waals surface area contributed by atoms with Crippen molar-refractivity contribution in [2.45, 2.75) is 78.9 Å². The van der Waals surface area contributed by atoms with Crippen molar-refractivity contribution in [3.63, 3.8) is 0 Å². The first-order valence-corrected chi connectivity index (χ1v) is 11.1. The van der Waals surface area contributed by atoms with Crippen LogP contribution in [-0.4, -0.2) is 50.0 Å². The van der Waals surface area contributed by atoms with E-state index in [9.17, 15) is 9.59 Å². The normalized spacial score (nSPS) is 13.8. The van der Waals surface area contributed by atoms with Crippen LogP contribution >= 0.6 is 0 Å². The molecule has 0 bridgehead atoms. The highest BCUT2D eigenvalue weighted by atomic mass is 16.2. The van der Waals surface area contributed by atoms with Crippen LogP contribution in [0.25, 0.3) is 5.69 Å². The topological polar surface area (TPSA) is 92.2 Å². The minimum Gasteiger partial charge on any atom is -0.348 e. The summed E-state index contributed by atoms with van der Waals surface area (Å²) in [5.41, 5.74) is 3.94. The molecule has 3 amide bonds. The fraction of sp³-hybridized carbons (Fsp3) is 0.565. The van der Waals surface area contributed by atoms with Gasteiger partial charge < -0.3 is 15.5 Å². The number of aromatic nitrogens is 3.